The first kappa shape index (κ1) is 18.3. The Kier molecular flexibility index (Phi) is 4.61. The molecule has 126 valence electrons. The van der Waals surface area contributed by atoms with Crippen LogP contribution in [0.15, 0.2) is 18.2 Å². The van der Waals surface area contributed by atoms with Crippen LogP contribution in [0.25, 0.3) is 10.9 Å². The number of halogens is 1. The Bertz CT molecular complexity index is 769. The van der Waals surface area contributed by atoms with Crippen molar-refractivity contribution in [1.29, 1.82) is 0 Å². The molecule has 0 amide bonds. The summed E-state index contributed by atoms with van der Waals surface area (Å²) in [5, 5.41) is 11.6. The van der Waals surface area contributed by atoms with Crippen molar-refractivity contribution in [2.75, 3.05) is 0 Å². The fourth-order valence-electron chi connectivity index (χ4n) is 3.57. The lowest BCUT2D eigenvalue weighted by atomic mass is 10.1. The van der Waals surface area contributed by atoms with E-state index in [0.717, 1.165) is 22.2 Å². The van der Waals surface area contributed by atoms with Crippen molar-refractivity contribution in [3.63, 3.8) is 0 Å². The summed E-state index contributed by atoms with van der Waals surface area (Å²) in [5.74, 6) is -0.720. The Morgan fingerprint density at radius 2 is 1.74 bits per heavy atom. The van der Waals surface area contributed by atoms with Gasteiger partial charge in [0.1, 0.15) is 0 Å². The quantitative estimate of drug-likeness (QED) is 0.742. The Morgan fingerprint density at radius 1 is 1.17 bits per heavy atom. The van der Waals surface area contributed by atoms with Crippen molar-refractivity contribution < 1.29 is 9.90 Å². The van der Waals surface area contributed by atoms with Crippen LogP contribution < -0.4 is 0 Å². The van der Waals surface area contributed by atoms with Crippen molar-refractivity contribution in [2.24, 2.45) is 0 Å². The van der Waals surface area contributed by atoms with Gasteiger partial charge in [-0.1, -0.05) is 50.9 Å². The third kappa shape index (κ3) is 3.27. The number of carboxylic acid groups (broad SMARTS) is 1. The van der Waals surface area contributed by atoms with E-state index in [2.05, 4.69) is 50.4 Å². The van der Waals surface area contributed by atoms with Crippen molar-refractivity contribution in [2.45, 2.75) is 51.7 Å². The normalized spacial score (nSPS) is 14.3. The lowest BCUT2D eigenvalue weighted by Crippen LogP contribution is -2.38. The average Bonchev–Trinajstić information content (AvgIpc) is 2.60. The Labute approximate surface area is 145 Å². The summed E-state index contributed by atoms with van der Waals surface area (Å²) >= 11 is 6.23. The molecule has 1 heterocycles. The largest absolute Gasteiger partial charge is 0.481 e. The third-order valence-electron chi connectivity index (χ3n) is 4.29. The molecule has 1 aromatic heterocycles. The summed E-state index contributed by atoms with van der Waals surface area (Å²) < 4.78 is 2.38. The Balaban J connectivity index is 2.96. The number of aliphatic carboxylic acids is 1. The van der Waals surface area contributed by atoms with Gasteiger partial charge >= 0.3 is 5.97 Å². The van der Waals surface area contributed by atoms with Crippen LogP contribution in [-0.4, -0.2) is 31.6 Å². The molecule has 1 unspecified atom stereocenters. The number of rotatable bonds is 4. The molecule has 0 aliphatic rings. The molecule has 0 spiro atoms. The highest BCUT2D eigenvalue weighted by Gasteiger charge is 2.39. The second kappa shape index (κ2) is 5.79. The second-order valence-corrected chi connectivity index (χ2v) is 18.8. The molecule has 1 aromatic carbocycles. The highest BCUT2D eigenvalue weighted by atomic mass is 35.5. The van der Waals surface area contributed by atoms with Crippen molar-refractivity contribution >= 4 is 44.8 Å². The standard InChI is InChI=1S/C17H26ClNO2Si2/c1-11-15(16(17(20)21)22(2,3)4)13-10-12(18)8-9-14(13)19(11)23(5,6)7/h8-10,16H,1-7H3,(H,20,21). The first-order valence-electron chi connectivity index (χ1n) is 7.89. The van der Waals surface area contributed by atoms with Gasteiger partial charge in [-0.15, -0.1) is 0 Å². The van der Waals surface area contributed by atoms with Gasteiger partial charge in [0, 0.05) is 21.6 Å². The first-order chi connectivity index (χ1) is 10.4. The van der Waals surface area contributed by atoms with Crippen LogP contribution in [0.2, 0.25) is 44.3 Å². The zero-order valence-corrected chi connectivity index (χ0v) is 17.7. The fourth-order valence-corrected chi connectivity index (χ4v) is 7.76. The highest BCUT2D eigenvalue weighted by Crippen LogP contribution is 2.39. The molecule has 1 N–H and O–H groups in total. The summed E-state index contributed by atoms with van der Waals surface area (Å²) in [7, 11) is -3.63. The number of carbonyl (C=O) groups is 1. The van der Waals surface area contributed by atoms with E-state index in [1.807, 2.05) is 18.2 Å². The number of nitrogens with zero attached hydrogens (tertiary/aromatic N) is 1. The topological polar surface area (TPSA) is 42.2 Å². The van der Waals surface area contributed by atoms with E-state index in [4.69, 9.17) is 11.6 Å². The molecule has 6 heteroatoms. The van der Waals surface area contributed by atoms with Crippen LogP contribution in [-0.2, 0) is 4.79 Å². The minimum atomic E-state index is -1.94. The molecule has 1 atom stereocenters. The summed E-state index contributed by atoms with van der Waals surface area (Å²) in [5.41, 5.74) is 2.75. The minimum Gasteiger partial charge on any atom is -0.481 e. The maximum Gasteiger partial charge on any atom is 0.308 e. The molecule has 0 fully saturated rings. The number of carboxylic acids is 1. The van der Waals surface area contributed by atoms with E-state index in [1.165, 1.54) is 0 Å². The summed E-state index contributed by atoms with van der Waals surface area (Å²) in [4.78, 5) is 12.1. The molecule has 0 radical (unpaired) electrons. The molecule has 0 aliphatic carbocycles. The van der Waals surface area contributed by atoms with Gasteiger partial charge < -0.3 is 9.34 Å². The zero-order valence-electron chi connectivity index (χ0n) is 15.0. The average molecular weight is 368 g/mol. The number of fused-ring (bicyclic) bond motifs is 1. The summed E-state index contributed by atoms with van der Waals surface area (Å²) in [6.45, 7) is 15.3. The van der Waals surface area contributed by atoms with Crippen LogP contribution in [0.4, 0.5) is 0 Å². The Hall–Kier alpha value is -1.05. The third-order valence-corrected chi connectivity index (χ3v) is 8.71. The van der Waals surface area contributed by atoms with Gasteiger partial charge in [0.2, 0.25) is 0 Å². The van der Waals surface area contributed by atoms with Gasteiger partial charge in [-0.25, -0.2) is 0 Å². The SMILES string of the molecule is Cc1c(C(C(=O)O)[Si](C)(C)C)c2cc(Cl)ccc2n1[Si](C)(C)C. The van der Waals surface area contributed by atoms with E-state index < -0.39 is 27.8 Å². The molecule has 0 bridgehead atoms. The molecular formula is C17H26ClNO2Si2. The van der Waals surface area contributed by atoms with Gasteiger partial charge in [0.15, 0.2) is 8.24 Å². The summed E-state index contributed by atoms with van der Waals surface area (Å²) in [6, 6.07) is 5.87. The van der Waals surface area contributed by atoms with Crippen molar-refractivity contribution in [3.8, 4) is 0 Å². The summed E-state index contributed by atoms with van der Waals surface area (Å²) in [6.07, 6.45) is 0. The van der Waals surface area contributed by atoms with Gasteiger partial charge in [0.05, 0.1) is 13.6 Å². The fraction of sp³-hybridized carbons (Fsp3) is 0.471. The van der Waals surface area contributed by atoms with Crippen LogP contribution in [0.3, 0.4) is 0 Å². The predicted molar refractivity (Wildman–Crippen MR) is 104 cm³/mol. The van der Waals surface area contributed by atoms with Crippen LogP contribution in [0, 0.1) is 6.92 Å². The Morgan fingerprint density at radius 3 is 2.17 bits per heavy atom. The molecule has 23 heavy (non-hydrogen) atoms. The van der Waals surface area contributed by atoms with E-state index in [0.29, 0.717) is 5.02 Å². The number of hydrogen-bond acceptors (Lipinski definition) is 1. The molecule has 3 nitrogen and oxygen atoms in total. The van der Waals surface area contributed by atoms with Gasteiger partial charge in [-0.3, -0.25) is 4.79 Å². The number of aromatic nitrogens is 1. The van der Waals surface area contributed by atoms with Gasteiger partial charge in [-0.05, 0) is 30.7 Å². The van der Waals surface area contributed by atoms with Crippen molar-refractivity contribution in [3.05, 3.63) is 34.5 Å². The van der Waals surface area contributed by atoms with E-state index in [1.54, 1.807) is 0 Å². The smallest absolute Gasteiger partial charge is 0.308 e. The minimum absolute atomic E-state index is 0.430. The first-order valence-corrected chi connectivity index (χ1v) is 15.3. The molecule has 2 aromatic rings. The number of benzene rings is 1. The maximum absolute atomic E-state index is 12.1. The van der Waals surface area contributed by atoms with E-state index in [9.17, 15) is 9.90 Å². The molecule has 0 saturated heterocycles. The lowest BCUT2D eigenvalue weighted by Gasteiger charge is -2.27. The van der Waals surface area contributed by atoms with Crippen LogP contribution in [0.5, 0.6) is 0 Å². The van der Waals surface area contributed by atoms with Gasteiger partial charge in [-0.2, -0.15) is 0 Å². The molecular weight excluding hydrogens is 342 g/mol. The monoisotopic (exact) mass is 367 g/mol. The molecule has 0 saturated carbocycles. The predicted octanol–water partition coefficient (Wildman–Crippen LogP) is 5.33. The van der Waals surface area contributed by atoms with Crippen LogP contribution in [0.1, 0.15) is 16.8 Å². The van der Waals surface area contributed by atoms with E-state index in [-0.39, 0.29) is 0 Å². The lowest BCUT2D eigenvalue weighted by molar-refractivity contribution is -0.136. The highest BCUT2D eigenvalue weighted by molar-refractivity contribution is 6.80. The zero-order chi connectivity index (χ0) is 17.7. The van der Waals surface area contributed by atoms with E-state index >= 15 is 0 Å². The van der Waals surface area contributed by atoms with Gasteiger partial charge in [0.25, 0.3) is 0 Å². The van der Waals surface area contributed by atoms with Crippen LogP contribution >= 0.6 is 11.6 Å². The van der Waals surface area contributed by atoms with Crippen molar-refractivity contribution in [1.82, 2.24) is 4.23 Å². The number of hydrogen-bond donors (Lipinski definition) is 1. The molecule has 2 rings (SSSR count). The second-order valence-electron chi connectivity index (χ2n) is 8.30. The maximum atomic E-state index is 12.1. The molecule has 0 aliphatic heterocycles.